The predicted molar refractivity (Wildman–Crippen MR) is 125 cm³/mol. The Morgan fingerprint density at radius 2 is 1.83 bits per heavy atom. The SMILES string of the molecule is COc1cc(OC)cc(-c2nn(-c3cc(N4CC[C@H](O)C4)ccc3C(F)(F)F)c(=O)c3c2OCC3)c1. The average Bonchev–Trinajstić information content (AvgIpc) is 3.53. The summed E-state index contributed by atoms with van der Waals surface area (Å²) >= 11 is 0. The summed E-state index contributed by atoms with van der Waals surface area (Å²) in [6, 6.07) is 8.54. The first-order valence-corrected chi connectivity index (χ1v) is 11.4. The Balaban J connectivity index is 1.75. The molecule has 0 saturated carbocycles. The summed E-state index contributed by atoms with van der Waals surface area (Å²) in [5, 5.41) is 14.3. The number of hydrogen-bond donors (Lipinski definition) is 1. The first-order valence-electron chi connectivity index (χ1n) is 11.4. The fourth-order valence-electron chi connectivity index (χ4n) is 4.59. The van der Waals surface area contributed by atoms with Crippen molar-refractivity contribution in [1.82, 2.24) is 9.78 Å². The summed E-state index contributed by atoms with van der Waals surface area (Å²) in [5.74, 6) is 1.13. The molecule has 190 valence electrons. The molecule has 36 heavy (non-hydrogen) atoms. The molecule has 0 amide bonds. The van der Waals surface area contributed by atoms with Gasteiger partial charge in [0.25, 0.3) is 5.56 Å². The maximum atomic E-state index is 14.1. The van der Waals surface area contributed by atoms with Crippen LogP contribution < -0.4 is 24.7 Å². The number of ether oxygens (including phenoxy) is 3. The van der Waals surface area contributed by atoms with Crippen LogP contribution in [-0.2, 0) is 12.6 Å². The summed E-state index contributed by atoms with van der Waals surface area (Å²) in [6.45, 7) is 0.989. The monoisotopic (exact) mass is 503 g/mol. The number of hydrogen-bond acceptors (Lipinski definition) is 7. The van der Waals surface area contributed by atoms with Gasteiger partial charge in [0.2, 0.25) is 0 Å². The van der Waals surface area contributed by atoms with E-state index in [1.54, 1.807) is 23.1 Å². The molecule has 1 N–H and O–H groups in total. The fourth-order valence-corrected chi connectivity index (χ4v) is 4.59. The Morgan fingerprint density at radius 3 is 2.44 bits per heavy atom. The summed E-state index contributed by atoms with van der Waals surface area (Å²) < 4.78 is 59.4. The minimum absolute atomic E-state index is 0.203. The predicted octanol–water partition coefficient (Wildman–Crippen LogP) is 3.44. The van der Waals surface area contributed by atoms with E-state index in [0.29, 0.717) is 42.3 Å². The lowest BCUT2D eigenvalue weighted by atomic mass is 10.1. The van der Waals surface area contributed by atoms with Crippen LogP contribution in [0.3, 0.4) is 0 Å². The topological polar surface area (TPSA) is 86.0 Å². The van der Waals surface area contributed by atoms with Crippen LogP contribution in [0.2, 0.25) is 0 Å². The van der Waals surface area contributed by atoms with Gasteiger partial charge in [0.1, 0.15) is 17.2 Å². The number of fused-ring (bicyclic) bond motifs is 1. The van der Waals surface area contributed by atoms with E-state index in [1.165, 1.54) is 26.4 Å². The quantitative estimate of drug-likeness (QED) is 0.571. The molecule has 2 aliphatic heterocycles. The molecule has 2 aromatic carbocycles. The standard InChI is InChI=1S/C25H24F3N3O5/c1-34-17-9-14(10-18(12-17)35-2)22-23-19(6-8-36-23)24(33)31(29-22)21-11-15(30-7-5-16(32)13-30)3-4-20(21)25(26,27)28/h3-4,9-12,16,32H,5-8,13H2,1-2H3/t16-/m0/s1. The van der Waals surface area contributed by atoms with Crippen LogP contribution >= 0.6 is 0 Å². The molecular weight excluding hydrogens is 479 g/mol. The van der Waals surface area contributed by atoms with Gasteiger partial charge >= 0.3 is 6.18 Å². The third-order valence-corrected chi connectivity index (χ3v) is 6.41. The van der Waals surface area contributed by atoms with E-state index in [9.17, 15) is 23.1 Å². The maximum Gasteiger partial charge on any atom is 0.418 e. The molecule has 0 radical (unpaired) electrons. The molecule has 0 spiro atoms. The Hall–Kier alpha value is -3.73. The van der Waals surface area contributed by atoms with Gasteiger partial charge in [-0.25, -0.2) is 0 Å². The molecule has 0 aliphatic carbocycles. The molecular formula is C25H24F3N3O5. The van der Waals surface area contributed by atoms with Gasteiger partial charge in [-0.15, -0.1) is 0 Å². The van der Waals surface area contributed by atoms with Gasteiger partial charge in [0.05, 0.1) is 43.7 Å². The summed E-state index contributed by atoms with van der Waals surface area (Å²) in [5.41, 5.74) is -0.683. The average molecular weight is 503 g/mol. The van der Waals surface area contributed by atoms with E-state index in [1.807, 2.05) is 0 Å². The van der Waals surface area contributed by atoms with Gasteiger partial charge in [-0.1, -0.05) is 0 Å². The minimum Gasteiger partial charge on any atom is -0.497 e. The van der Waals surface area contributed by atoms with Crippen molar-refractivity contribution in [3.8, 4) is 34.2 Å². The normalized spacial score (nSPS) is 17.2. The molecule has 1 fully saturated rings. The number of nitrogens with zero attached hydrogens (tertiary/aromatic N) is 3. The lowest BCUT2D eigenvalue weighted by molar-refractivity contribution is -0.137. The molecule has 0 unspecified atom stereocenters. The van der Waals surface area contributed by atoms with Crippen molar-refractivity contribution in [2.45, 2.75) is 25.1 Å². The van der Waals surface area contributed by atoms with E-state index in [2.05, 4.69) is 5.10 Å². The molecule has 0 bridgehead atoms. The highest BCUT2D eigenvalue weighted by atomic mass is 19.4. The van der Waals surface area contributed by atoms with Crippen LogP contribution in [0.25, 0.3) is 16.9 Å². The second-order valence-corrected chi connectivity index (χ2v) is 8.66. The number of alkyl halides is 3. The van der Waals surface area contributed by atoms with E-state index >= 15 is 0 Å². The molecule has 5 rings (SSSR count). The highest BCUT2D eigenvalue weighted by Crippen LogP contribution is 2.39. The maximum absolute atomic E-state index is 14.1. The number of aliphatic hydroxyl groups excluding tert-OH is 1. The van der Waals surface area contributed by atoms with E-state index in [4.69, 9.17) is 14.2 Å². The number of aromatic nitrogens is 2. The van der Waals surface area contributed by atoms with E-state index in [0.717, 1.165) is 10.7 Å². The Morgan fingerprint density at radius 1 is 1.11 bits per heavy atom. The number of halogens is 3. The van der Waals surface area contributed by atoms with Crippen LogP contribution in [-0.4, -0.2) is 54.9 Å². The number of aliphatic hydroxyl groups is 1. The number of β-amino-alcohol motifs (C(OH)–C–C–N with tert-alkyl or cyclic N) is 1. The second-order valence-electron chi connectivity index (χ2n) is 8.66. The molecule has 8 nitrogen and oxygen atoms in total. The van der Waals surface area contributed by atoms with Gasteiger partial charge in [-0.05, 0) is 36.8 Å². The molecule has 2 aliphatic rings. The highest BCUT2D eigenvalue weighted by molar-refractivity contribution is 5.71. The first-order chi connectivity index (χ1) is 17.2. The summed E-state index contributed by atoms with van der Waals surface area (Å²) in [7, 11) is 2.95. The zero-order valence-corrected chi connectivity index (χ0v) is 19.6. The van der Waals surface area contributed by atoms with Gasteiger partial charge in [0.15, 0.2) is 5.75 Å². The molecule has 3 aromatic rings. The molecule has 1 saturated heterocycles. The lowest BCUT2D eigenvalue weighted by Crippen LogP contribution is -2.28. The van der Waals surface area contributed by atoms with Crippen molar-refractivity contribution >= 4 is 5.69 Å². The van der Waals surface area contributed by atoms with Gasteiger partial charge in [0, 0.05) is 36.8 Å². The third kappa shape index (κ3) is 4.23. The third-order valence-electron chi connectivity index (χ3n) is 6.41. The Kier molecular flexibility index (Phi) is 6.03. The van der Waals surface area contributed by atoms with Gasteiger partial charge < -0.3 is 24.2 Å². The zero-order valence-electron chi connectivity index (χ0n) is 19.6. The van der Waals surface area contributed by atoms with E-state index < -0.39 is 29.1 Å². The molecule has 1 aromatic heterocycles. The second kappa shape index (κ2) is 9.05. The van der Waals surface area contributed by atoms with Crippen molar-refractivity contribution in [2.75, 3.05) is 38.8 Å². The highest BCUT2D eigenvalue weighted by Gasteiger charge is 2.36. The molecule has 1 atom stereocenters. The summed E-state index contributed by atoms with van der Waals surface area (Å²) in [4.78, 5) is 15.2. The van der Waals surface area contributed by atoms with Crippen LogP contribution in [0, 0.1) is 0 Å². The number of benzene rings is 2. The summed E-state index contributed by atoms with van der Waals surface area (Å²) in [6.07, 6.45) is -4.55. The first kappa shape index (κ1) is 24.0. The molecule has 11 heteroatoms. The minimum atomic E-state index is -4.73. The fraction of sp³-hybridized carbons (Fsp3) is 0.360. The molecule has 3 heterocycles. The van der Waals surface area contributed by atoms with Crippen molar-refractivity contribution in [3.05, 3.63) is 57.9 Å². The van der Waals surface area contributed by atoms with Crippen molar-refractivity contribution in [2.24, 2.45) is 0 Å². The van der Waals surface area contributed by atoms with Crippen LogP contribution in [0.5, 0.6) is 17.2 Å². The van der Waals surface area contributed by atoms with Gasteiger partial charge in [-0.2, -0.15) is 23.0 Å². The van der Waals surface area contributed by atoms with Crippen molar-refractivity contribution in [3.63, 3.8) is 0 Å². The zero-order chi connectivity index (χ0) is 25.6. The van der Waals surface area contributed by atoms with Crippen LogP contribution in [0.15, 0.2) is 41.2 Å². The number of anilines is 1. The van der Waals surface area contributed by atoms with Gasteiger partial charge in [-0.3, -0.25) is 4.79 Å². The largest absolute Gasteiger partial charge is 0.497 e. The van der Waals surface area contributed by atoms with Crippen molar-refractivity contribution < 1.29 is 32.5 Å². The Labute approximate surface area is 204 Å². The van der Waals surface area contributed by atoms with Crippen molar-refractivity contribution in [1.29, 1.82) is 0 Å². The van der Waals surface area contributed by atoms with Crippen LogP contribution in [0.4, 0.5) is 18.9 Å². The lowest BCUT2D eigenvalue weighted by Gasteiger charge is -2.22. The smallest absolute Gasteiger partial charge is 0.418 e. The number of rotatable bonds is 5. The Bertz CT molecular complexity index is 1350. The van der Waals surface area contributed by atoms with E-state index in [-0.39, 0.29) is 30.0 Å². The van der Waals surface area contributed by atoms with Crippen LogP contribution in [0.1, 0.15) is 17.5 Å². The number of methoxy groups -OCH3 is 2.